The van der Waals surface area contributed by atoms with Gasteiger partial charge in [-0.2, -0.15) is 0 Å². The van der Waals surface area contributed by atoms with E-state index in [1.807, 2.05) is 24.3 Å². The van der Waals surface area contributed by atoms with Crippen LogP contribution in [-0.4, -0.2) is 28.8 Å². The summed E-state index contributed by atoms with van der Waals surface area (Å²) >= 11 is 0. The summed E-state index contributed by atoms with van der Waals surface area (Å²) in [5, 5.41) is 13.9. The number of aliphatic hydroxyl groups is 1. The number of benzene rings is 2. The molecule has 1 saturated carbocycles. The van der Waals surface area contributed by atoms with E-state index < -0.39 is 0 Å². The third-order valence-corrected chi connectivity index (χ3v) is 5.43. The minimum atomic E-state index is -0.265. The first-order chi connectivity index (χ1) is 13.7. The summed E-state index contributed by atoms with van der Waals surface area (Å²) in [5.74, 6) is 0.859. The summed E-state index contributed by atoms with van der Waals surface area (Å²) in [5.41, 5.74) is 3.56. The van der Waals surface area contributed by atoms with Crippen molar-refractivity contribution >= 4 is 18.4 Å². The van der Waals surface area contributed by atoms with Gasteiger partial charge in [-0.25, -0.2) is 0 Å². The Kier molecular flexibility index (Phi) is 8.48. The summed E-state index contributed by atoms with van der Waals surface area (Å²) in [6, 6.07) is 16.4. The maximum atomic E-state index is 11.4. The van der Waals surface area contributed by atoms with Crippen molar-refractivity contribution in [1.29, 1.82) is 0 Å². The molecule has 0 spiro atoms. The van der Waals surface area contributed by atoms with E-state index in [4.69, 9.17) is 4.74 Å². The monoisotopic (exact) mass is 431 g/mol. The van der Waals surface area contributed by atoms with Gasteiger partial charge in [0.1, 0.15) is 5.75 Å². The van der Waals surface area contributed by atoms with E-state index in [-0.39, 0.29) is 36.1 Å². The molecule has 0 radical (unpaired) electrons. The molecule has 0 saturated heterocycles. The number of rotatable bonds is 6. The lowest BCUT2D eigenvalue weighted by atomic mass is 9.95. The van der Waals surface area contributed by atoms with Gasteiger partial charge in [-0.05, 0) is 74.8 Å². The van der Waals surface area contributed by atoms with E-state index in [1.54, 1.807) is 6.92 Å². The Morgan fingerprint density at radius 3 is 2.13 bits per heavy atom. The third kappa shape index (κ3) is 6.83. The molecule has 3 rings (SSSR count). The lowest BCUT2D eigenvalue weighted by Gasteiger charge is -2.27. The summed E-state index contributed by atoms with van der Waals surface area (Å²) < 4.78 is 5.23. The van der Waals surface area contributed by atoms with Gasteiger partial charge in [-0.15, -0.1) is 12.4 Å². The zero-order valence-electron chi connectivity index (χ0n) is 18.4. The topological polar surface area (TPSA) is 58.6 Å². The Balaban J connectivity index is 0.00000320. The molecule has 0 aliphatic heterocycles. The number of hydrogen-bond donors (Lipinski definition) is 2. The SMILES string of the molecule is CCC(=O)Oc1ccc(-c2ccc(C[C@@H]3C[C@@H](O)[C@H](NC(C)(C)C)C3)cc2)cc1.Cl. The fourth-order valence-corrected chi connectivity index (χ4v) is 4.08. The highest BCUT2D eigenvalue weighted by atomic mass is 35.5. The fourth-order valence-electron chi connectivity index (χ4n) is 4.08. The highest BCUT2D eigenvalue weighted by Gasteiger charge is 2.34. The number of halogens is 1. The highest BCUT2D eigenvalue weighted by Crippen LogP contribution is 2.31. The van der Waals surface area contributed by atoms with E-state index in [9.17, 15) is 9.90 Å². The maximum Gasteiger partial charge on any atom is 0.310 e. The Morgan fingerprint density at radius 1 is 1.03 bits per heavy atom. The van der Waals surface area contributed by atoms with Gasteiger partial charge < -0.3 is 15.2 Å². The molecule has 2 aromatic rings. The van der Waals surface area contributed by atoms with Crippen LogP contribution in [0.5, 0.6) is 5.75 Å². The van der Waals surface area contributed by atoms with Crippen LogP contribution in [0.4, 0.5) is 0 Å². The predicted octanol–water partition coefficient (Wildman–Crippen LogP) is 5.16. The summed E-state index contributed by atoms with van der Waals surface area (Å²) in [4.78, 5) is 11.4. The smallest absolute Gasteiger partial charge is 0.310 e. The molecule has 2 N–H and O–H groups in total. The fraction of sp³-hybridized carbons (Fsp3) is 0.480. The molecule has 164 valence electrons. The number of aliphatic hydroxyl groups excluding tert-OH is 1. The van der Waals surface area contributed by atoms with Crippen LogP contribution in [-0.2, 0) is 11.2 Å². The van der Waals surface area contributed by atoms with Crippen molar-refractivity contribution in [3.63, 3.8) is 0 Å². The van der Waals surface area contributed by atoms with Crippen molar-refractivity contribution in [3.05, 3.63) is 54.1 Å². The van der Waals surface area contributed by atoms with Crippen LogP contribution >= 0.6 is 12.4 Å². The molecule has 2 aromatic carbocycles. The largest absolute Gasteiger partial charge is 0.427 e. The molecule has 0 aromatic heterocycles. The van der Waals surface area contributed by atoms with Gasteiger partial charge in [-0.3, -0.25) is 4.79 Å². The third-order valence-electron chi connectivity index (χ3n) is 5.43. The number of nitrogens with one attached hydrogen (secondary N) is 1. The van der Waals surface area contributed by atoms with Crippen LogP contribution < -0.4 is 10.1 Å². The first-order valence-corrected chi connectivity index (χ1v) is 10.6. The van der Waals surface area contributed by atoms with Gasteiger partial charge in [-0.1, -0.05) is 43.3 Å². The molecule has 0 amide bonds. The molecule has 30 heavy (non-hydrogen) atoms. The van der Waals surface area contributed by atoms with E-state index in [1.165, 1.54) is 5.56 Å². The van der Waals surface area contributed by atoms with E-state index in [2.05, 4.69) is 50.4 Å². The van der Waals surface area contributed by atoms with Crippen LogP contribution in [0.15, 0.2) is 48.5 Å². The number of esters is 1. The molecule has 0 heterocycles. The standard InChI is InChI=1S/C25H33NO3.ClH/c1-5-24(28)29-21-12-10-20(11-13-21)19-8-6-17(7-9-19)14-18-15-22(23(27)16-18)26-25(2,3)4;/h6-13,18,22-23,26-27H,5,14-16H2,1-4H3;1H/t18-,22+,23+;/m0./s1. The second-order valence-corrected chi connectivity index (χ2v) is 9.16. The van der Waals surface area contributed by atoms with E-state index >= 15 is 0 Å². The average Bonchev–Trinajstić information content (AvgIpc) is 3.00. The molecule has 3 atom stereocenters. The van der Waals surface area contributed by atoms with Crippen molar-refractivity contribution in [2.45, 2.75) is 71.1 Å². The van der Waals surface area contributed by atoms with E-state index in [0.717, 1.165) is 30.4 Å². The zero-order valence-corrected chi connectivity index (χ0v) is 19.2. The van der Waals surface area contributed by atoms with Crippen molar-refractivity contribution < 1.29 is 14.6 Å². The zero-order chi connectivity index (χ0) is 21.0. The molecular weight excluding hydrogens is 398 g/mol. The molecule has 4 nitrogen and oxygen atoms in total. The molecule has 1 aliphatic rings. The van der Waals surface area contributed by atoms with Gasteiger partial charge in [0.2, 0.25) is 0 Å². The maximum absolute atomic E-state index is 11.4. The lowest BCUT2D eigenvalue weighted by molar-refractivity contribution is -0.134. The Labute approximate surface area is 186 Å². The van der Waals surface area contributed by atoms with Crippen LogP contribution in [0, 0.1) is 5.92 Å². The molecule has 0 unspecified atom stereocenters. The van der Waals surface area contributed by atoms with Gasteiger partial charge in [0.25, 0.3) is 0 Å². The minimum absolute atomic E-state index is 0. The Morgan fingerprint density at radius 2 is 1.60 bits per heavy atom. The van der Waals surface area contributed by atoms with Crippen molar-refractivity contribution in [1.82, 2.24) is 5.32 Å². The first kappa shape index (κ1) is 24.4. The van der Waals surface area contributed by atoms with E-state index in [0.29, 0.717) is 18.1 Å². The highest BCUT2D eigenvalue weighted by molar-refractivity contribution is 5.85. The molecule has 1 aliphatic carbocycles. The summed E-state index contributed by atoms with van der Waals surface area (Å²) in [6.45, 7) is 8.22. The Hall–Kier alpha value is -1.88. The summed E-state index contributed by atoms with van der Waals surface area (Å²) in [7, 11) is 0. The molecule has 5 heteroatoms. The normalized spacial score (nSPS) is 21.2. The second kappa shape index (κ2) is 10.4. The Bertz CT molecular complexity index is 812. The number of carbonyl (C=O) groups excluding carboxylic acids is 1. The first-order valence-electron chi connectivity index (χ1n) is 10.6. The number of ether oxygens (including phenoxy) is 1. The van der Waals surface area contributed by atoms with Crippen molar-refractivity contribution in [2.24, 2.45) is 5.92 Å². The van der Waals surface area contributed by atoms with Crippen LogP contribution in [0.1, 0.15) is 52.5 Å². The van der Waals surface area contributed by atoms with Crippen LogP contribution in [0.3, 0.4) is 0 Å². The molecular formula is C25H34ClNO3. The molecule has 1 fully saturated rings. The average molecular weight is 432 g/mol. The number of carbonyl (C=O) groups is 1. The minimum Gasteiger partial charge on any atom is -0.427 e. The van der Waals surface area contributed by atoms with Gasteiger partial charge in [0.15, 0.2) is 0 Å². The van der Waals surface area contributed by atoms with Crippen LogP contribution in [0.2, 0.25) is 0 Å². The van der Waals surface area contributed by atoms with Gasteiger partial charge in [0, 0.05) is 18.0 Å². The summed E-state index contributed by atoms with van der Waals surface area (Å²) in [6.07, 6.45) is 2.96. The van der Waals surface area contributed by atoms with Gasteiger partial charge in [0.05, 0.1) is 6.10 Å². The quantitative estimate of drug-likeness (QED) is 0.489. The second-order valence-electron chi connectivity index (χ2n) is 9.16. The van der Waals surface area contributed by atoms with Gasteiger partial charge >= 0.3 is 5.97 Å². The van der Waals surface area contributed by atoms with Crippen molar-refractivity contribution in [2.75, 3.05) is 0 Å². The lowest BCUT2D eigenvalue weighted by Crippen LogP contribution is -2.47. The van der Waals surface area contributed by atoms with Crippen LogP contribution in [0.25, 0.3) is 11.1 Å². The van der Waals surface area contributed by atoms with Crippen molar-refractivity contribution in [3.8, 4) is 16.9 Å². The predicted molar refractivity (Wildman–Crippen MR) is 124 cm³/mol. The number of hydrogen-bond acceptors (Lipinski definition) is 4. The molecule has 0 bridgehead atoms.